The molecule has 0 aliphatic heterocycles. The summed E-state index contributed by atoms with van der Waals surface area (Å²) in [6.45, 7) is 9.36. The van der Waals surface area contributed by atoms with Crippen LogP contribution in [0.3, 0.4) is 0 Å². The van der Waals surface area contributed by atoms with Crippen LogP contribution in [0.1, 0.15) is 169 Å². The summed E-state index contributed by atoms with van der Waals surface area (Å²) in [6, 6.07) is 6.50. The molecule has 0 radical (unpaired) electrons. The van der Waals surface area contributed by atoms with Crippen LogP contribution in [-0.4, -0.2) is 8.07 Å². The molecule has 0 aliphatic carbocycles. The van der Waals surface area contributed by atoms with Crippen LogP contribution in [0.25, 0.3) is 0 Å². The van der Waals surface area contributed by atoms with Crippen molar-refractivity contribution in [2.75, 3.05) is 0 Å². The van der Waals surface area contributed by atoms with E-state index in [4.69, 9.17) is 0 Å². The summed E-state index contributed by atoms with van der Waals surface area (Å²) in [5, 5.41) is 0. The molecule has 0 atom stereocenters. The van der Waals surface area contributed by atoms with Gasteiger partial charge in [0.25, 0.3) is 0 Å². The maximum Gasteiger partial charge on any atom is 0.0533 e. The molecule has 0 fully saturated rings. The zero-order valence-electron chi connectivity index (χ0n) is 24.0. The van der Waals surface area contributed by atoms with Crippen LogP contribution in [0.5, 0.6) is 0 Å². The molecular formula is C32H66Si. The standard InChI is InChI=1S/C32H66Si/c1-5-9-12-15-18-21-24-27-30-33(8-4,31-28-25-22-19-16-13-10-6-2)32-29-26-23-20-17-14-11-7-3/h5,9H,6-8,10-32H2,1-4H3. The lowest BCUT2D eigenvalue weighted by molar-refractivity contribution is 0.577. The van der Waals surface area contributed by atoms with Gasteiger partial charge in [-0.05, 0) is 19.8 Å². The Morgan fingerprint density at radius 2 is 0.758 bits per heavy atom. The second-order valence-electron chi connectivity index (χ2n) is 11.2. The van der Waals surface area contributed by atoms with E-state index in [2.05, 4.69) is 39.8 Å². The van der Waals surface area contributed by atoms with Gasteiger partial charge in [-0.2, -0.15) is 0 Å². The van der Waals surface area contributed by atoms with Gasteiger partial charge in [0.15, 0.2) is 0 Å². The number of rotatable bonds is 27. The van der Waals surface area contributed by atoms with Gasteiger partial charge in [0.05, 0.1) is 8.07 Å². The zero-order valence-corrected chi connectivity index (χ0v) is 25.0. The van der Waals surface area contributed by atoms with Gasteiger partial charge in [0.1, 0.15) is 0 Å². The quantitative estimate of drug-likeness (QED) is 0.0625. The Morgan fingerprint density at radius 3 is 1.09 bits per heavy atom. The summed E-state index contributed by atoms with van der Waals surface area (Å²) in [6.07, 6.45) is 36.9. The zero-order chi connectivity index (χ0) is 24.3. The van der Waals surface area contributed by atoms with Gasteiger partial charge in [-0.1, -0.05) is 186 Å². The molecule has 0 saturated carbocycles. The largest absolute Gasteiger partial charge is 0.0917 e. The first-order valence-corrected chi connectivity index (χ1v) is 18.7. The van der Waals surface area contributed by atoms with Crippen molar-refractivity contribution in [1.29, 1.82) is 0 Å². The van der Waals surface area contributed by atoms with Crippen LogP contribution in [0.4, 0.5) is 0 Å². The van der Waals surface area contributed by atoms with E-state index in [1.165, 1.54) is 128 Å². The minimum Gasteiger partial charge on any atom is -0.0917 e. The molecule has 0 unspecified atom stereocenters. The second kappa shape index (κ2) is 26.6. The predicted molar refractivity (Wildman–Crippen MR) is 158 cm³/mol. The molecule has 0 aliphatic rings. The molecule has 0 aromatic heterocycles. The van der Waals surface area contributed by atoms with Gasteiger partial charge in [0, 0.05) is 0 Å². The molecule has 0 nitrogen and oxygen atoms in total. The van der Waals surface area contributed by atoms with Gasteiger partial charge in [0.2, 0.25) is 0 Å². The first kappa shape index (κ1) is 33.0. The number of allylic oxidation sites excluding steroid dienone is 2. The maximum atomic E-state index is 2.57. The molecule has 0 N–H and O–H groups in total. The minimum absolute atomic E-state index is 1.02. The first-order valence-electron chi connectivity index (χ1n) is 15.9. The summed E-state index contributed by atoms with van der Waals surface area (Å²) in [7, 11) is -1.02. The van der Waals surface area contributed by atoms with Crippen molar-refractivity contribution in [1.82, 2.24) is 0 Å². The highest BCUT2D eigenvalue weighted by molar-refractivity contribution is 6.79. The Bertz CT molecular complexity index is 366. The van der Waals surface area contributed by atoms with E-state index in [0.717, 1.165) is 0 Å². The van der Waals surface area contributed by atoms with E-state index >= 15 is 0 Å². The molecule has 0 spiro atoms. The average molecular weight is 479 g/mol. The summed E-state index contributed by atoms with van der Waals surface area (Å²) in [5.74, 6) is 0. The van der Waals surface area contributed by atoms with E-state index < -0.39 is 8.07 Å². The normalized spacial score (nSPS) is 12.2. The highest BCUT2D eigenvalue weighted by Gasteiger charge is 2.28. The highest BCUT2D eigenvalue weighted by Crippen LogP contribution is 2.33. The molecule has 198 valence electrons. The third kappa shape index (κ3) is 22.2. The first-order chi connectivity index (χ1) is 16.2. The SMILES string of the molecule is CC=CCCCCCCC[Si](CC)(CCCCCCCCCC)CCCCCCCCCC. The second-order valence-corrected chi connectivity index (χ2v) is 16.4. The molecule has 33 heavy (non-hydrogen) atoms. The van der Waals surface area contributed by atoms with Crippen molar-refractivity contribution in [3.8, 4) is 0 Å². The van der Waals surface area contributed by atoms with E-state index in [0.29, 0.717) is 0 Å². The lowest BCUT2D eigenvalue weighted by atomic mass is 10.1. The van der Waals surface area contributed by atoms with E-state index in [-0.39, 0.29) is 0 Å². The topological polar surface area (TPSA) is 0 Å². The van der Waals surface area contributed by atoms with Crippen molar-refractivity contribution >= 4 is 8.07 Å². The van der Waals surface area contributed by atoms with Crippen LogP contribution in [0.15, 0.2) is 12.2 Å². The van der Waals surface area contributed by atoms with Gasteiger partial charge in [-0.15, -0.1) is 0 Å². The third-order valence-corrected chi connectivity index (χ3v) is 13.9. The van der Waals surface area contributed by atoms with Crippen LogP contribution < -0.4 is 0 Å². The lowest BCUT2D eigenvalue weighted by Crippen LogP contribution is -2.32. The van der Waals surface area contributed by atoms with Gasteiger partial charge >= 0.3 is 0 Å². The van der Waals surface area contributed by atoms with Gasteiger partial charge < -0.3 is 0 Å². The molecule has 0 heterocycles. The summed E-state index contributed by atoms with van der Waals surface area (Å²) in [5.41, 5.74) is 0. The Morgan fingerprint density at radius 1 is 0.424 bits per heavy atom. The minimum atomic E-state index is -1.02. The Hall–Kier alpha value is -0.0431. The fraction of sp³-hybridized carbons (Fsp3) is 0.938. The Kier molecular flexibility index (Phi) is 26.5. The molecular weight excluding hydrogens is 412 g/mol. The van der Waals surface area contributed by atoms with E-state index in [1.807, 2.05) is 0 Å². The van der Waals surface area contributed by atoms with Crippen molar-refractivity contribution in [3.05, 3.63) is 12.2 Å². The Labute approximate surface area is 213 Å². The smallest absolute Gasteiger partial charge is 0.0533 e. The third-order valence-electron chi connectivity index (χ3n) is 8.18. The summed E-state index contributed by atoms with van der Waals surface area (Å²) in [4.78, 5) is 0. The van der Waals surface area contributed by atoms with E-state index in [9.17, 15) is 0 Å². The predicted octanol–water partition coefficient (Wildman–Crippen LogP) is 12.7. The Balaban J connectivity index is 4.25. The van der Waals surface area contributed by atoms with Crippen molar-refractivity contribution in [3.63, 3.8) is 0 Å². The van der Waals surface area contributed by atoms with Crippen LogP contribution in [0.2, 0.25) is 24.2 Å². The monoisotopic (exact) mass is 478 g/mol. The lowest BCUT2D eigenvalue weighted by Gasteiger charge is -2.31. The molecule has 0 aromatic carbocycles. The number of hydrogen-bond acceptors (Lipinski definition) is 0. The van der Waals surface area contributed by atoms with Crippen molar-refractivity contribution in [2.45, 2.75) is 193 Å². The van der Waals surface area contributed by atoms with Gasteiger partial charge in [-0.25, -0.2) is 0 Å². The van der Waals surface area contributed by atoms with Crippen LogP contribution in [0, 0.1) is 0 Å². The number of unbranched alkanes of at least 4 members (excludes halogenated alkanes) is 19. The average Bonchev–Trinajstić information content (AvgIpc) is 2.83. The molecule has 0 rings (SSSR count). The van der Waals surface area contributed by atoms with Crippen LogP contribution >= 0.6 is 0 Å². The molecule has 0 amide bonds. The molecule has 1 heteroatoms. The molecule has 0 bridgehead atoms. The van der Waals surface area contributed by atoms with Gasteiger partial charge in [-0.3, -0.25) is 0 Å². The molecule has 0 saturated heterocycles. The number of hydrogen-bond donors (Lipinski definition) is 0. The van der Waals surface area contributed by atoms with Crippen LogP contribution in [-0.2, 0) is 0 Å². The molecule has 0 aromatic rings. The maximum absolute atomic E-state index is 2.57. The highest BCUT2D eigenvalue weighted by atomic mass is 28.3. The summed E-state index contributed by atoms with van der Waals surface area (Å²) >= 11 is 0. The fourth-order valence-electron chi connectivity index (χ4n) is 5.63. The summed E-state index contributed by atoms with van der Waals surface area (Å²) < 4.78 is 0. The van der Waals surface area contributed by atoms with Crippen molar-refractivity contribution in [2.24, 2.45) is 0 Å². The van der Waals surface area contributed by atoms with E-state index in [1.54, 1.807) is 37.0 Å². The van der Waals surface area contributed by atoms with Crippen molar-refractivity contribution < 1.29 is 0 Å². The fourth-order valence-corrected chi connectivity index (χ4v) is 10.4.